The molecule has 2 N–H and O–H groups in total. The number of carbonyl (C=O) groups excluding carboxylic acids is 2. The highest BCUT2D eigenvalue weighted by molar-refractivity contribution is 5.94. The van der Waals surface area contributed by atoms with Gasteiger partial charge in [-0.2, -0.15) is 0 Å². The van der Waals surface area contributed by atoms with Gasteiger partial charge in [0.1, 0.15) is 0 Å². The number of ether oxygens (including phenoxy) is 1. The second-order valence-electron chi connectivity index (χ2n) is 7.30. The summed E-state index contributed by atoms with van der Waals surface area (Å²) in [6.45, 7) is 2.10. The lowest BCUT2D eigenvalue weighted by atomic mass is 10.1. The molecule has 3 rings (SSSR count). The Labute approximate surface area is 183 Å². The molecule has 0 atom stereocenters. The van der Waals surface area contributed by atoms with Crippen molar-refractivity contribution in [3.63, 3.8) is 0 Å². The number of hydrogen-bond donors (Lipinski definition) is 2. The Morgan fingerprint density at radius 1 is 0.677 bits per heavy atom. The first-order valence-corrected chi connectivity index (χ1v) is 10.5. The highest BCUT2D eigenvalue weighted by Crippen LogP contribution is 2.08. The molecule has 0 fully saturated rings. The molecule has 0 aliphatic heterocycles. The van der Waals surface area contributed by atoms with Crippen molar-refractivity contribution >= 4 is 11.8 Å². The van der Waals surface area contributed by atoms with Crippen molar-refractivity contribution in [1.29, 1.82) is 0 Å². The molecule has 3 aromatic rings. The second kappa shape index (κ2) is 12.3. The van der Waals surface area contributed by atoms with Gasteiger partial charge in [-0.1, -0.05) is 72.8 Å². The second-order valence-corrected chi connectivity index (χ2v) is 7.30. The van der Waals surface area contributed by atoms with Gasteiger partial charge in [-0.05, 0) is 35.2 Å². The van der Waals surface area contributed by atoms with Crippen LogP contribution in [-0.4, -0.2) is 18.4 Å². The van der Waals surface area contributed by atoms with Crippen molar-refractivity contribution in [3.8, 4) is 0 Å². The maximum Gasteiger partial charge on any atom is 0.251 e. The fraction of sp³-hybridized carbons (Fsp3) is 0.231. The predicted molar refractivity (Wildman–Crippen MR) is 121 cm³/mol. The van der Waals surface area contributed by atoms with Crippen LogP contribution in [-0.2, 0) is 29.3 Å². The van der Waals surface area contributed by atoms with Crippen LogP contribution in [0, 0.1) is 0 Å². The highest BCUT2D eigenvalue weighted by Gasteiger charge is 2.05. The Morgan fingerprint density at radius 3 is 1.94 bits per heavy atom. The first-order chi connectivity index (χ1) is 15.2. The SMILES string of the molecule is O=C(CCCNC(=O)c1ccccc1)NCc1ccc(COCc2ccccc2)cc1. The molecule has 0 heterocycles. The van der Waals surface area contributed by atoms with Gasteiger partial charge in [-0.3, -0.25) is 9.59 Å². The number of benzene rings is 3. The minimum Gasteiger partial charge on any atom is -0.372 e. The van der Waals surface area contributed by atoms with E-state index in [-0.39, 0.29) is 11.8 Å². The Balaban J connectivity index is 1.28. The van der Waals surface area contributed by atoms with Crippen LogP contribution in [0.2, 0.25) is 0 Å². The normalized spacial score (nSPS) is 10.5. The van der Waals surface area contributed by atoms with Crippen LogP contribution in [0.1, 0.15) is 39.9 Å². The first-order valence-electron chi connectivity index (χ1n) is 10.5. The average molecular weight is 417 g/mol. The summed E-state index contributed by atoms with van der Waals surface area (Å²) in [5.74, 6) is -0.141. The van der Waals surface area contributed by atoms with Crippen molar-refractivity contribution in [2.24, 2.45) is 0 Å². The lowest BCUT2D eigenvalue weighted by molar-refractivity contribution is -0.121. The Morgan fingerprint density at radius 2 is 1.26 bits per heavy atom. The zero-order valence-corrected chi connectivity index (χ0v) is 17.6. The third-order valence-electron chi connectivity index (χ3n) is 4.80. The maximum absolute atomic E-state index is 12.0. The van der Waals surface area contributed by atoms with Gasteiger partial charge in [0.05, 0.1) is 13.2 Å². The van der Waals surface area contributed by atoms with Gasteiger partial charge in [-0.15, -0.1) is 0 Å². The molecule has 3 aromatic carbocycles. The summed E-state index contributed by atoms with van der Waals surface area (Å²) < 4.78 is 5.74. The van der Waals surface area contributed by atoms with E-state index in [1.807, 2.05) is 72.8 Å². The van der Waals surface area contributed by atoms with E-state index in [1.54, 1.807) is 12.1 Å². The quantitative estimate of drug-likeness (QED) is 0.460. The van der Waals surface area contributed by atoms with E-state index in [4.69, 9.17) is 4.74 Å². The van der Waals surface area contributed by atoms with E-state index in [9.17, 15) is 9.59 Å². The summed E-state index contributed by atoms with van der Waals surface area (Å²) in [4.78, 5) is 24.0. The van der Waals surface area contributed by atoms with Gasteiger partial charge < -0.3 is 15.4 Å². The van der Waals surface area contributed by atoms with Crippen LogP contribution in [0.15, 0.2) is 84.9 Å². The summed E-state index contributed by atoms with van der Waals surface area (Å²) in [7, 11) is 0. The third kappa shape index (κ3) is 8.07. The van der Waals surface area contributed by atoms with Crippen molar-refractivity contribution in [2.45, 2.75) is 32.6 Å². The molecule has 0 aliphatic rings. The van der Waals surface area contributed by atoms with Crippen LogP contribution in [0.5, 0.6) is 0 Å². The van der Waals surface area contributed by atoms with E-state index in [0.717, 1.165) is 16.7 Å². The molecule has 160 valence electrons. The van der Waals surface area contributed by atoms with Gasteiger partial charge in [0.25, 0.3) is 5.91 Å². The van der Waals surface area contributed by atoms with Crippen LogP contribution < -0.4 is 10.6 Å². The molecule has 0 saturated carbocycles. The topological polar surface area (TPSA) is 67.4 Å². The fourth-order valence-corrected chi connectivity index (χ4v) is 3.05. The number of hydrogen-bond acceptors (Lipinski definition) is 3. The minimum absolute atomic E-state index is 0.0239. The largest absolute Gasteiger partial charge is 0.372 e. The molecule has 2 amide bonds. The van der Waals surface area contributed by atoms with Crippen molar-refractivity contribution in [3.05, 3.63) is 107 Å². The molecule has 0 bridgehead atoms. The van der Waals surface area contributed by atoms with Crippen LogP contribution in [0.3, 0.4) is 0 Å². The number of nitrogens with one attached hydrogen (secondary N) is 2. The Kier molecular flexibility index (Phi) is 8.83. The van der Waals surface area contributed by atoms with Crippen molar-refractivity contribution in [2.75, 3.05) is 6.54 Å². The van der Waals surface area contributed by atoms with Gasteiger partial charge in [0.15, 0.2) is 0 Å². The summed E-state index contributed by atoms with van der Waals surface area (Å²) in [5, 5.41) is 5.75. The number of carbonyl (C=O) groups is 2. The van der Waals surface area contributed by atoms with E-state index in [0.29, 0.717) is 44.7 Å². The number of amides is 2. The van der Waals surface area contributed by atoms with Crippen LogP contribution in [0.4, 0.5) is 0 Å². The fourth-order valence-electron chi connectivity index (χ4n) is 3.05. The zero-order valence-electron chi connectivity index (χ0n) is 17.6. The van der Waals surface area contributed by atoms with Crippen molar-refractivity contribution in [1.82, 2.24) is 10.6 Å². The molecule has 0 saturated heterocycles. The van der Waals surface area contributed by atoms with Gasteiger partial charge in [0.2, 0.25) is 5.91 Å². The molecular formula is C26H28N2O3. The lowest BCUT2D eigenvalue weighted by Crippen LogP contribution is -2.27. The molecule has 0 aliphatic carbocycles. The molecule has 0 aromatic heterocycles. The van der Waals surface area contributed by atoms with E-state index >= 15 is 0 Å². The van der Waals surface area contributed by atoms with Crippen LogP contribution in [0.25, 0.3) is 0 Å². The monoisotopic (exact) mass is 416 g/mol. The first kappa shape index (κ1) is 22.2. The molecule has 0 unspecified atom stereocenters. The molecule has 5 nitrogen and oxygen atoms in total. The third-order valence-corrected chi connectivity index (χ3v) is 4.80. The van der Waals surface area contributed by atoms with Gasteiger partial charge in [-0.25, -0.2) is 0 Å². The summed E-state index contributed by atoms with van der Waals surface area (Å²) in [5.41, 5.74) is 3.92. The molecule has 0 radical (unpaired) electrons. The number of rotatable bonds is 11. The van der Waals surface area contributed by atoms with E-state index in [1.165, 1.54) is 0 Å². The van der Waals surface area contributed by atoms with Crippen LogP contribution >= 0.6 is 0 Å². The Bertz CT molecular complexity index is 941. The van der Waals surface area contributed by atoms with Gasteiger partial charge >= 0.3 is 0 Å². The molecular weight excluding hydrogens is 388 g/mol. The molecule has 31 heavy (non-hydrogen) atoms. The van der Waals surface area contributed by atoms with Gasteiger partial charge in [0, 0.05) is 25.1 Å². The van der Waals surface area contributed by atoms with E-state index < -0.39 is 0 Å². The predicted octanol–water partition coefficient (Wildman–Crippen LogP) is 4.23. The maximum atomic E-state index is 12.0. The molecule has 5 heteroatoms. The molecule has 0 spiro atoms. The minimum atomic E-state index is -0.117. The highest BCUT2D eigenvalue weighted by atomic mass is 16.5. The van der Waals surface area contributed by atoms with Crippen molar-refractivity contribution < 1.29 is 14.3 Å². The van der Waals surface area contributed by atoms with E-state index in [2.05, 4.69) is 10.6 Å². The summed E-state index contributed by atoms with van der Waals surface area (Å²) in [6.07, 6.45) is 0.975. The Hall–Kier alpha value is -3.44. The zero-order chi connectivity index (χ0) is 21.7. The summed E-state index contributed by atoms with van der Waals surface area (Å²) >= 11 is 0. The standard InChI is InChI=1S/C26H28N2O3/c29-25(12-7-17-27-26(30)24-10-5-2-6-11-24)28-18-21-13-15-23(16-14-21)20-31-19-22-8-3-1-4-9-22/h1-6,8-11,13-16H,7,12,17-20H2,(H,27,30)(H,28,29). The summed E-state index contributed by atoms with van der Waals surface area (Å²) in [6, 6.07) is 27.2. The average Bonchev–Trinajstić information content (AvgIpc) is 2.82. The lowest BCUT2D eigenvalue weighted by Gasteiger charge is -2.08. The smallest absolute Gasteiger partial charge is 0.251 e.